The van der Waals surface area contributed by atoms with Crippen LogP contribution >= 0.6 is 23.4 Å². The molecule has 0 bridgehead atoms. The van der Waals surface area contributed by atoms with Gasteiger partial charge in [-0.25, -0.2) is 0 Å². The first-order valence-electron chi connectivity index (χ1n) is 8.60. The van der Waals surface area contributed by atoms with Crippen molar-refractivity contribution in [1.29, 1.82) is 0 Å². The SMILES string of the molecule is Cc1c(Cl)cccc1NC(=O)[C@H](C)Sc1nnc(Cc2ccccc2)n1C. The number of rotatable bonds is 6. The zero-order chi connectivity index (χ0) is 19.4. The Morgan fingerprint density at radius 2 is 1.93 bits per heavy atom. The third-order valence-corrected chi connectivity index (χ3v) is 5.85. The van der Waals surface area contributed by atoms with Crippen LogP contribution in [0.3, 0.4) is 0 Å². The smallest absolute Gasteiger partial charge is 0.237 e. The summed E-state index contributed by atoms with van der Waals surface area (Å²) in [4.78, 5) is 12.6. The fourth-order valence-corrected chi connectivity index (χ4v) is 3.58. The highest BCUT2D eigenvalue weighted by Crippen LogP contribution is 2.26. The van der Waals surface area contributed by atoms with E-state index in [1.165, 1.54) is 17.3 Å². The van der Waals surface area contributed by atoms with Crippen molar-refractivity contribution in [3.05, 3.63) is 70.5 Å². The van der Waals surface area contributed by atoms with Crippen LogP contribution in [-0.4, -0.2) is 25.9 Å². The van der Waals surface area contributed by atoms with Gasteiger partial charge in [-0.05, 0) is 37.1 Å². The van der Waals surface area contributed by atoms with E-state index in [0.717, 1.165) is 17.1 Å². The van der Waals surface area contributed by atoms with Gasteiger partial charge in [0.15, 0.2) is 5.16 Å². The highest BCUT2D eigenvalue weighted by Gasteiger charge is 2.19. The van der Waals surface area contributed by atoms with Crippen molar-refractivity contribution in [2.75, 3.05) is 5.32 Å². The van der Waals surface area contributed by atoms with E-state index in [9.17, 15) is 4.79 Å². The van der Waals surface area contributed by atoms with Gasteiger partial charge < -0.3 is 9.88 Å². The molecule has 2 aromatic carbocycles. The van der Waals surface area contributed by atoms with E-state index in [-0.39, 0.29) is 11.2 Å². The Kier molecular flexibility index (Phi) is 6.19. The van der Waals surface area contributed by atoms with Crippen LogP contribution in [-0.2, 0) is 18.3 Å². The minimum atomic E-state index is -0.323. The Morgan fingerprint density at radius 1 is 1.19 bits per heavy atom. The molecule has 27 heavy (non-hydrogen) atoms. The van der Waals surface area contributed by atoms with E-state index < -0.39 is 0 Å². The first kappa shape index (κ1) is 19.5. The summed E-state index contributed by atoms with van der Waals surface area (Å²) in [6, 6.07) is 15.6. The number of anilines is 1. The Morgan fingerprint density at radius 3 is 2.67 bits per heavy atom. The van der Waals surface area contributed by atoms with Crippen LogP contribution in [0.2, 0.25) is 5.02 Å². The summed E-state index contributed by atoms with van der Waals surface area (Å²) in [6.45, 7) is 3.74. The summed E-state index contributed by atoms with van der Waals surface area (Å²) in [7, 11) is 1.92. The molecule has 0 spiro atoms. The molecule has 3 rings (SSSR count). The van der Waals surface area contributed by atoms with Crippen LogP contribution in [0, 0.1) is 6.92 Å². The molecule has 0 aliphatic carbocycles. The molecule has 3 aromatic rings. The number of nitrogens with one attached hydrogen (secondary N) is 1. The molecule has 140 valence electrons. The first-order valence-corrected chi connectivity index (χ1v) is 9.86. The van der Waals surface area contributed by atoms with E-state index in [2.05, 4.69) is 27.6 Å². The van der Waals surface area contributed by atoms with Crippen molar-refractivity contribution in [3.8, 4) is 0 Å². The number of benzene rings is 2. The summed E-state index contributed by atoms with van der Waals surface area (Å²) in [5, 5.41) is 12.5. The molecular formula is C20H21ClN4OS. The third-order valence-electron chi connectivity index (χ3n) is 4.31. The zero-order valence-corrected chi connectivity index (χ0v) is 17.0. The second kappa shape index (κ2) is 8.59. The number of carbonyl (C=O) groups is 1. The minimum absolute atomic E-state index is 0.0991. The Balaban J connectivity index is 1.66. The molecule has 1 heterocycles. The Bertz CT molecular complexity index is 942. The number of halogens is 1. The van der Waals surface area contributed by atoms with Crippen LogP contribution in [0.1, 0.15) is 23.9 Å². The van der Waals surface area contributed by atoms with Crippen molar-refractivity contribution < 1.29 is 4.79 Å². The number of carbonyl (C=O) groups excluding carboxylic acids is 1. The molecular weight excluding hydrogens is 380 g/mol. The van der Waals surface area contributed by atoms with Crippen molar-refractivity contribution in [3.63, 3.8) is 0 Å². The normalized spacial score (nSPS) is 12.0. The van der Waals surface area contributed by atoms with Gasteiger partial charge >= 0.3 is 0 Å². The predicted octanol–water partition coefficient (Wildman–Crippen LogP) is 4.49. The van der Waals surface area contributed by atoms with Gasteiger partial charge in [0, 0.05) is 24.2 Å². The van der Waals surface area contributed by atoms with E-state index >= 15 is 0 Å². The van der Waals surface area contributed by atoms with E-state index in [1.54, 1.807) is 6.07 Å². The topological polar surface area (TPSA) is 59.8 Å². The van der Waals surface area contributed by atoms with Crippen molar-refractivity contribution in [2.45, 2.75) is 30.7 Å². The summed E-state index contributed by atoms with van der Waals surface area (Å²) in [6.07, 6.45) is 0.702. The molecule has 1 atom stereocenters. The van der Waals surface area contributed by atoms with Crippen LogP contribution in [0.15, 0.2) is 53.7 Å². The fraction of sp³-hybridized carbons (Fsp3) is 0.250. The minimum Gasteiger partial charge on any atom is -0.325 e. The van der Waals surface area contributed by atoms with Crippen molar-refractivity contribution >= 4 is 35.0 Å². The molecule has 0 saturated carbocycles. The van der Waals surface area contributed by atoms with Gasteiger partial charge in [-0.1, -0.05) is 59.8 Å². The number of thioether (sulfide) groups is 1. The van der Waals surface area contributed by atoms with E-state index in [0.29, 0.717) is 16.6 Å². The van der Waals surface area contributed by atoms with E-state index in [1.807, 2.05) is 55.8 Å². The number of amides is 1. The largest absolute Gasteiger partial charge is 0.325 e. The van der Waals surface area contributed by atoms with Crippen LogP contribution in [0.25, 0.3) is 0 Å². The Labute approximate surface area is 168 Å². The predicted molar refractivity (Wildman–Crippen MR) is 110 cm³/mol. The van der Waals surface area contributed by atoms with Gasteiger partial charge in [-0.3, -0.25) is 4.79 Å². The lowest BCUT2D eigenvalue weighted by molar-refractivity contribution is -0.115. The molecule has 0 fully saturated rings. The highest BCUT2D eigenvalue weighted by atomic mass is 35.5. The molecule has 0 aliphatic rings. The summed E-state index contributed by atoms with van der Waals surface area (Å²) >= 11 is 7.50. The van der Waals surface area contributed by atoms with Gasteiger partial charge in [0.1, 0.15) is 5.82 Å². The molecule has 0 unspecified atom stereocenters. The maximum atomic E-state index is 12.6. The average molecular weight is 401 g/mol. The highest BCUT2D eigenvalue weighted by molar-refractivity contribution is 8.00. The molecule has 5 nitrogen and oxygen atoms in total. The summed E-state index contributed by atoms with van der Waals surface area (Å²) < 4.78 is 1.94. The van der Waals surface area contributed by atoms with Gasteiger partial charge in [0.05, 0.1) is 5.25 Å². The molecule has 7 heteroatoms. The summed E-state index contributed by atoms with van der Waals surface area (Å²) in [5.41, 5.74) is 2.75. The van der Waals surface area contributed by atoms with Crippen molar-refractivity contribution in [2.24, 2.45) is 7.05 Å². The van der Waals surface area contributed by atoms with Gasteiger partial charge in [0.2, 0.25) is 5.91 Å². The lowest BCUT2D eigenvalue weighted by Gasteiger charge is -2.13. The quantitative estimate of drug-likeness (QED) is 0.619. The lowest BCUT2D eigenvalue weighted by atomic mass is 10.1. The molecule has 1 aromatic heterocycles. The fourth-order valence-electron chi connectivity index (χ4n) is 2.57. The summed E-state index contributed by atoms with van der Waals surface area (Å²) in [5.74, 6) is 0.764. The van der Waals surface area contributed by atoms with Gasteiger partial charge in [0.25, 0.3) is 0 Å². The van der Waals surface area contributed by atoms with Crippen LogP contribution in [0.4, 0.5) is 5.69 Å². The molecule has 0 aliphatic heterocycles. The van der Waals surface area contributed by atoms with Gasteiger partial charge in [-0.2, -0.15) is 0 Å². The van der Waals surface area contributed by atoms with Crippen LogP contribution < -0.4 is 5.32 Å². The zero-order valence-electron chi connectivity index (χ0n) is 15.4. The first-order chi connectivity index (χ1) is 13.0. The lowest BCUT2D eigenvalue weighted by Crippen LogP contribution is -2.23. The van der Waals surface area contributed by atoms with Gasteiger partial charge in [-0.15, -0.1) is 10.2 Å². The molecule has 1 amide bonds. The molecule has 1 N–H and O–H groups in total. The van der Waals surface area contributed by atoms with Crippen molar-refractivity contribution in [1.82, 2.24) is 14.8 Å². The Hall–Kier alpha value is -2.31. The second-order valence-corrected chi connectivity index (χ2v) is 8.00. The number of aromatic nitrogens is 3. The maximum Gasteiger partial charge on any atom is 0.237 e. The monoisotopic (exact) mass is 400 g/mol. The third kappa shape index (κ3) is 4.70. The molecule has 0 saturated heterocycles. The maximum absolute atomic E-state index is 12.6. The average Bonchev–Trinajstić information content (AvgIpc) is 2.99. The number of hydrogen-bond acceptors (Lipinski definition) is 4. The second-order valence-electron chi connectivity index (χ2n) is 6.28. The standard InChI is InChI=1S/C20H21ClN4OS/c1-13-16(21)10-7-11-17(13)22-19(26)14(2)27-20-24-23-18(25(20)3)12-15-8-5-4-6-9-15/h4-11,14H,12H2,1-3H3,(H,22,26)/t14-/m0/s1. The molecule has 0 radical (unpaired) electrons. The van der Waals surface area contributed by atoms with Crippen LogP contribution in [0.5, 0.6) is 0 Å². The van der Waals surface area contributed by atoms with E-state index in [4.69, 9.17) is 11.6 Å². The number of nitrogens with zero attached hydrogens (tertiary/aromatic N) is 3. The number of hydrogen-bond donors (Lipinski definition) is 1.